The van der Waals surface area contributed by atoms with Crippen LogP contribution in [0.15, 0.2) is 47.0 Å². The summed E-state index contributed by atoms with van der Waals surface area (Å²) in [4.78, 5) is 7.47. The van der Waals surface area contributed by atoms with Gasteiger partial charge in [0.25, 0.3) is 0 Å². The third kappa shape index (κ3) is 4.43. The summed E-state index contributed by atoms with van der Waals surface area (Å²) in [6.07, 6.45) is 16.7. The van der Waals surface area contributed by atoms with Crippen molar-refractivity contribution in [2.75, 3.05) is 26.2 Å². The Kier molecular flexibility index (Phi) is 6.49. The van der Waals surface area contributed by atoms with Gasteiger partial charge in [-0.3, -0.25) is 9.89 Å². The van der Waals surface area contributed by atoms with Crippen molar-refractivity contribution in [1.29, 1.82) is 0 Å². The number of allylic oxidation sites excluding steroid dienone is 3. The Bertz CT molecular complexity index is 1050. The number of nitrogens with two attached hydrogens (primary N) is 1. The predicted octanol–water partition coefficient (Wildman–Crippen LogP) is 5.23. The molecular weight excluding hydrogens is 392 g/mol. The molecule has 2 heterocycles. The Morgan fingerprint density at radius 2 is 1.97 bits per heavy atom. The lowest BCUT2D eigenvalue weighted by Gasteiger charge is -2.32. The van der Waals surface area contributed by atoms with Crippen LogP contribution >= 0.6 is 0 Å². The van der Waals surface area contributed by atoms with E-state index in [9.17, 15) is 0 Å². The number of likely N-dealkylation sites (tertiary alicyclic amines) is 1. The molecule has 0 spiro atoms. The van der Waals surface area contributed by atoms with Gasteiger partial charge >= 0.3 is 0 Å². The van der Waals surface area contributed by atoms with Crippen LogP contribution in [0.25, 0.3) is 10.9 Å². The summed E-state index contributed by atoms with van der Waals surface area (Å²) in [6.45, 7) is 7.67. The molecular formula is C28H38N4. The number of fused-ring (bicyclic) bond motifs is 3. The largest absolute Gasteiger partial charge is 0.384 e. The Morgan fingerprint density at radius 3 is 2.75 bits per heavy atom. The highest BCUT2D eigenvalue weighted by atomic mass is 15.1. The Balaban J connectivity index is 1.23. The van der Waals surface area contributed by atoms with Crippen LogP contribution in [0.5, 0.6) is 0 Å². The first kappa shape index (κ1) is 21.5. The number of nitrogens with zero attached hydrogens (tertiary/aromatic N) is 3. The fourth-order valence-corrected chi connectivity index (χ4v) is 5.87. The minimum Gasteiger partial charge on any atom is -0.384 e. The Labute approximate surface area is 192 Å². The van der Waals surface area contributed by atoms with E-state index in [1.165, 1.54) is 75.4 Å². The van der Waals surface area contributed by atoms with Crippen LogP contribution in [0.3, 0.4) is 0 Å². The number of rotatable bonds is 6. The van der Waals surface area contributed by atoms with Crippen LogP contribution in [0.4, 0.5) is 0 Å². The van der Waals surface area contributed by atoms with Gasteiger partial charge in [0.15, 0.2) is 0 Å². The molecule has 3 aliphatic rings. The van der Waals surface area contributed by atoms with E-state index in [0.717, 1.165) is 25.2 Å². The van der Waals surface area contributed by atoms with Crippen molar-refractivity contribution in [3.8, 4) is 0 Å². The number of hydrogen-bond acceptors (Lipinski definition) is 2. The fourth-order valence-electron chi connectivity index (χ4n) is 5.87. The molecule has 0 unspecified atom stereocenters. The summed E-state index contributed by atoms with van der Waals surface area (Å²) >= 11 is 0. The highest BCUT2D eigenvalue weighted by Crippen LogP contribution is 2.33. The van der Waals surface area contributed by atoms with Crippen molar-refractivity contribution in [2.24, 2.45) is 16.6 Å². The third-order valence-corrected chi connectivity index (χ3v) is 7.74. The van der Waals surface area contributed by atoms with E-state index in [1.54, 1.807) is 16.8 Å². The quantitative estimate of drug-likeness (QED) is 0.504. The molecule has 2 aliphatic carbocycles. The molecule has 1 aromatic carbocycles. The maximum atomic E-state index is 6.49. The second-order valence-corrected chi connectivity index (χ2v) is 9.85. The normalized spacial score (nSPS) is 20.5. The zero-order valence-electron chi connectivity index (χ0n) is 19.7. The molecule has 0 bridgehead atoms. The molecule has 32 heavy (non-hydrogen) atoms. The molecule has 0 radical (unpaired) electrons. The summed E-state index contributed by atoms with van der Waals surface area (Å²) in [5, 5.41) is 1.40. The number of aryl methyl sites for hydroxylation is 2. The first-order valence-electron chi connectivity index (χ1n) is 12.7. The van der Waals surface area contributed by atoms with Crippen molar-refractivity contribution in [1.82, 2.24) is 9.47 Å². The minimum atomic E-state index is 0.655. The molecule has 1 fully saturated rings. The number of aliphatic imine (C=N–C) groups is 1. The number of benzene rings is 1. The lowest BCUT2D eigenvalue weighted by molar-refractivity contribution is 0.199. The maximum absolute atomic E-state index is 6.49. The van der Waals surface area contributed by atoms with E-state index in [2.05, 4.69) is 52.8 Å². The molecule has 2 N–H and O–H groups in total. The second kappa shape index (κ2) is 9.66. The van der Waals surface area contributed by atoms with Gasteiger partial charge in [-0.2, -0.15) is 0 Å². The van der Waals surface area contributed by atoms with E-state index in [0.29, 0.717) is 11.8 Å². The molecule has 0 amide bonds. The third-order valence-electron chi connectivity index (χ3n) is 7.74. The van der Waals surface area contributed by atoms with Gasteiger partial charge in [-0.25, -0.2) is 0 Å². The van der Waals surface area contributed by atoms with Crippen LogP contribution < -0.4 is 5.73 Å². The van der Waals surface area contributed by atoms with E-state index >= 15 is 0 Å². The summed E-state index contributed by atoms with van der Waals surface area (Å²) in [5.74, 6) is 1.37. The highest BCUT2D eigenvalue weighted by Gasteiger charge is 2.21. The van der Waals surface area contributed by atoms with Crippen molar-refractivity contribution < 1.29 is 0 Å². The zero-order chi connectivity index (χ0) is 21.9. The number of amidine groups is 1. The minimum absolute atomic E-state index is 0.655. The van der Waals surface area contributed by atoms with Gasteiger partial charge < -0.3 is 10.3 Å². The highest BCUT2D eigenvalue weighted by molar-refractivity contribution is 6.01. The summed E-state index contributed by atoms with van der Waals surface area (Å²) in [7, 11) is 0. The van der Waals surface area contributed by atoms with Crippen molar-refractivity contribution >= 4 is 16.7 Å². The zero-order valence-corrected chi connectivity index (χ0v) is 19.7. The van der Waals surface area contributed by atoms with Crippen molar-refractivity contribution in [3.05, 3.63) is 58.8 Å². The maximum Gasteiger partial charge on any atom is 0.125 e. The molecule has 0 saturated carbocycles. The van der Waals surface area contributed by atoms with E-state index in [1.807, 2.05) is 0 Å². The lowest BCUT2D eigenvalue weighted by atomic mass is 9.95. The molecule has 0 atom stereocenters. The monoisotopic (exact) mass is 430 g/mol. The van der Waals surface area contributed by atoms with E-state index < -0.39 is 0 Å². The summed E-state index contributed by atoms with van der Waals surface area (Å²) in [6, 6.07) is 6.75. The van der Waals surface area contributed by atoms with Gasteiger partial charge in [-0.05, 0) is 101 Å². The van der Waals surface area contributed by atoms with E-state index in [-0.39, 0.29) is 0 Å². The predicted molar refractivity (Wildman–Crippen MR) is 135 cm³/mol. The number of hydrogen-bond donors (Lipinski definition) is 1. The average Bonchev–Trinajstić information content (AvgIpc) is 3.17. The molecule has 4 heteroatoms. The molecule has 2 aromatic rings. The Morgan fingerprint density at radius 1 is 1.12 bits per heavy atom. The van der Waals surface area contributed by atoms with Gasteiger partial charge in [0.2, 0.25) is 0 Å². The van der Waals surface area contributed by atoms with Crippen molar-refractivity contribution in [2.45, 2.75) is 64.8 Å². The molecule has 170 valence electrons. The molecule has 5 rings (SSSR count). The first-order valence-corrected chi connectivity index (χ1v) is 12.7. The van der Waals surface area contributed by atoms with Crippen LogP contribution in [0, 0.1) is 5.92 Å². The van der Waals surface area contributed by atoms with E-state index in [4.69, 9.17) is 10.7 Å². The first-order chi connectivity index (χ1) is 15.7. The molecule has 1 aromatic heterocycles. The topological polar surface area (TPSA) is 46.6 Å². The van der Waals surface area contributed by atoms with Gasteiger partial charge in [-0.15, -0.1) is 0 Å². The molecule has 4 nitrogen and oxygen atoms in total. The molecule has 1 saturated heterocycles. The fraction of sp³-hybridized carbons (Fsp3) is 0.536. The van der Waals surface area contributed by atoms with Crippen LogP contribution in [-0.2, 0) is 19.4 Å². The lowest BCUT2D eigenvalue weighted by Crippen LogP contribution is -2.36. The standard InChI is InChI=1S/C28H38N4/c1-2-32-26-11-7-6-10-24(26)25-18-23(12-13-27(25)32)28(29)30-19-21-14-16-31(17-15-21)20-22-8-4-3-5-9-22/h3-4,8,12-13,18,21H,2,5-7,9-11,14-17,19-20H2,1H3,(H2,29,30). The number of piperidine rings is 1. The van der Waals surface area contributed by atoms with Gasteiger partial charge in [0, 0.05) is 41.8 Å². The van der Waals surface area contributed by atoms with Gasteiger partial charge in [0.05, 0.1) is 0 Å². The number of aromatic nitrogens is 1. The van der Waals surface area contributed by atoms with Crippen LogP contribution in [0.2, 0.25) is 0 Å². The smallest absolute Gasteiger partial charge is 0.125 e. The summed E-state index contributed by atoms with van der Waals surface area (Å²) in [5.41, 5.74) is 13.6. The van der Waals surface area contributed by atoms with Gasteiger partial charge in [-0.1, -0.05) is 23.8 Å². The summed E-state index contributed by atoms with van der Waals surface area (Å²) < 4.78 is 2.51. The molecule has 1 aliphatic heterocycles. The SMILES string of the molecule is CCn1c2c(c3cc(C(N)=NCC4CCN(CC5=CC=CCC5)CC4)ccc31)CCCC2. The second-order valence-electron chi connectivity index (χ2n) is 9.85. The van der Waals surface area contributed by atoms with Gasteiger partial charge in [0.1, 0.15) is 5.84 Å². The van der Waals surface area contributed by atoms with Crippen LogP contribution in [-0.4, -0.2) is 41.5 Å². The Hall–Kier alpha value is -2.33. The average molecular weight is 431 g/mol. The van der Waals surface area contributed by atoms with Crippen molar-refractivity contribution in [3.63, 3.8) is 0 Å². The van der Waals surface area contributed by atoms with Crippen LogP contribution in [0.1, 0.15) is 62.3 Å².